The molecule has 35 heavy (non-hydrogen) atoms. The molecular formula is C28H21N2O5-. The quantitative estimate of drug-likeness (QED) is 0.160. The Bertz CT molecular complexity index is 1520. The van der Waals surface area contributed by atoms with Gasteiger partial charge in [0.05, 0.1) is 16.0 Å². The molecule has 3 aromatic carbocycles. The van der Waals surface area contributed by atoms with Gasteiger partial charge >= 0.3 is 0 Å². The fraction of sp³-hybridized carbons (Fsp3) is 0.107. The second-order valence-electron chi connectivity index (χ2n) is 8.30. The van der Waals surface area contributed by atoms with E-state index in [4.69, 9.17) is 8.83 Å². The van der Waals surface area contributed by atoms with E-state index in [0.717, 1.165) is 28.6 Å². The lowest BCUT2D eigenvalue weighted by atomic mass is 9.94. The first-order valence-corrected chi connectivity index (χ1v) is 11.0. The van der Waals surface area contributed by atoms with Gasteiger partial charge in [-0.3, -0.25) is 15.1 Å². The Morgan fingerprint density at radius 1 is 0.857 bits per heavy atom. The van der Waals surface area contributed by atoms with E-state index in [2.05, 4.69) is 4.99 Å². The lowest BCUT2D eigenvalue weighted by Gasteiger charge is -2.14. The molecule has 0 spiro atoms. The molecule has 0 unspecified atom stereocenters. The largest absolute Gasteiger partial charge is 0.872 e. The van der Waals surface area contributed by atoms with Gasteiger partial charge in [0.15, 0.2) is 0 Å². The zero-order valence-electron chi connectivity index (χ0n) is 19.1. The number of nitrogens with zero attached hydrogens (tertiary/aromatic N) is 2. The van der Waals surface area contributed by atoms with Crippen LogP contribution in [0, 0.1) is 24.0 Å². The van der Waals surface area contributed by atoms with Crippen LogP contribution in [0.2, 0.25) is 0 Å². The Balaban J connectivity index is 1.48. The van der Waals surface area contributed by atoms with E-state index in [1.807, 2.05) is 62.4 Å². The maximum absolute atomic E-state index is 12.9. The van der Waals surface area contributed by atoms with E-state index in [-0.39, 0.29) is 22.9 Å². The number of non-ortho nitro benzene ring substituents is 1. The first-order valence-electron chi connectivity index (χ1n) is 11.0. The standard InChI is InChI=1S/C28H22N2O5/c1-17-7-13-25(34-17)27(26-14-8-18(2)35-26)19-9-11-21(12-10-19)29-16-20-15-24(30(32)33)22-5-3-4-6-23(22)28(20)31/h3-16,27,31H,1-2H3/p-1. The maximum atomic E-state index is 12.9. The molecule has 7 nitrogen and oxygen atoms in total. The molecule has 0 aliphatic heterocycles. The Labute approximate surface area is 201 Å². The van der Waals surface area contributed by atoms with Crippen molar-refractivity contribution in [3.8, 4) is 5.75 Å². The van der Waals surface area contributed by atoms with Gasteiger partial charge in [0, 0.05) is 12.3 Å². The maximum Gasteiger partial charge on any atom is 0.277 e. The minimum Gasteiger partial charge on any atom is -0.872 e. The van der Waals surface area contributed by atoms with Crippen molar-refractivity contribution in [1.29, 1.82) is 0 Å². The fourth-order valence-corrected chi connectivity index (χ4v) is 4.18. The van der Waals surface area contributed by atoms with Gasteiger partial charge < -0.3 is 13.9 Å². The van der Waals surface area contributed by atoms with Crippen LogP contribution in [0.25, 0.3) is 10.8 Å². The predicted octanol–water partition coefficient (Wildman–Crippen LogP) is 6.56. The minimum absolute atomic E-state index is 0.123. The Morgan fingerprint density at radius 3 is 2.00 bits per heavy atom. The highest BCUT2D eigenvalue weighted by atomic mass is 16.6. The molecule has 0 saturated heterocycles. The fourth-order valence-electron chi connectivity index (χ4n) is 4.18. The molecular weight excluding hydrogens is 444 g/mol. The molecule has 5 aromatic rings. The van der Waals surface area contributed by atoms with Gasteiger partial charge in [0.25, 0.3) is 5.69 Å². The molecule has 2 heterocycles. The van der Waals surface area contributed by atoms with Crippen molar-refractivity contribution in [1.82, 2.24) is 0 Å². The summed E-state index contributed by atoms with van der Waals surface area (Å²) in [5, 5.41) is 25.0. The summed E-state index contributed by atoms with van der Waals surface area (Å²) in [5.41, 5.74) is 1.60. The summed E-state index contributed by atoms with van der Waals surface area (Å²) in [6.07, 6.45) is 1.38. The third-order valence-electron chi connectivity index (χ3n) is 5.87. The monoisotopic (exact) mass is 465 g/mol. The van der Waals surface area contributed by atoms with Crippen LogP contribution in [0.3, 0.4) is 0 Å². The van der Waals surface area contributed by atoms with Crippen LogP contribution in [0.1, 0.15) is 40.1 Å². The summed E-state index contributed by atoms with van der Waals surface area (Å²) in [5.74, 6) is 2.65. The molecule has 7 heteroatoms. The van der Waals surface area contributed by atoms with E-state index in [9.17, 15) is 15.2 Å². The molecule has 0 fully saturated rings. The number of fused-ring (bicyclic) bond motifs is 1. The summed E-state index contributed by atoms with van der Waals surface area (Å²) in [7, 11) is 0. The first kappa shape index (κ1) is 22.2. The number of furan rings is 2. The van der Waals surface area contributed by atoms with E-state index < -0.39 is 4.92 Å². The molecule has 0 radical (unpaired) electrons. The van der Waals surface area contributed by atoms with Crippen LogP contribution in [-0.2, 0) is 0 Å². The van der Waals surface area contributed by atoms with Crippen LogP contribution in [0.5, 0.6) is 5.75 Å². The molecule has 0 bridgehead atoms. The van der Waals surface area contributed by atoms with Crippen LogP contribution in [0.15, 0.2) is 92.7 Å². The Morgan fingerprint density at radius 2 is 1.46 bits per heavy atom. The molecule has 2 aromatic heterocycles. The first-order chi connectivity index (χ1) is 16.9. The average Bonchev–Trinajstić information content (AvgIpc) is 3.48. The van der Waals surface area contributed by atoms with E-state index in [1.165, 1.54) is 12.3 Å². The highest BCUT2D eigenvalue weighted by Crippen LogP contribution is 2.36. The number of nitro benzene ring substituents is 1. The van der Waals surface area contributed by atoms with Crippen molar-refractivity contribution in [2.24, 2.45) is 4.99 Å². The molecule has 174 valence electrons. The average molecular weight is 465 g/mol. The lowest BCUT2D eigenvalue weighted by Crippen LogP contribution is -2.01. The van der Waals surface area contributed by atoms with Gasteiger partial charge in [0.1, 0.15) is 29.0 Å². The van der Waals surface area contributed by atoms with Crippen LogP contribution in [-0.4, -0.2) is 11.1 Å². The summed E-state index contributed by atoms with van der Waals surface area (Å²) >= 11 is 0. The molecule has 0 amide bonds. The number of aryl methyl sites for hydroxylation is 2. The molecule has 0 saturated carbocycles. The Kier molecular flexibility index (Phi) is 5.66. The topological polar surface area (TPSA) is 105 Å². The lowest BCUT2D eigenvalue weighted by molar-refractivity contribution is -0.383. The zero-order chi connectivity index (χ0) is 24.5. The Hall–Kier alpha value is -4.65. The summed E-state index contributed by atoms with van der Waals surface area (Å²) in [4.78, 5) is 15.5. The van der Waals surface area contributed by atoms with Crippen molar-refractivity contribution in [2.45, 2.75) is 19.8 Å². The smallest absolute Gasteiger partial charge is 0.277 e. The van der Waals surface area contributed by atoms with E-state index in [1.54, 1.807) is 24.3 Å². The molecule has 0 aliphatic carbocycles. The van der Waals surface area contributed by atoms with Crippen LogP contribution >= 0.6 is 0 Å². The van der Waals surface area contributed by atoms with Gasteiger partial charge in [-0.2, -0.15) is 0 Å². The number of benzene rings is 3. The van der Waals surface area contributed by atoms with E-state index in [0.29, 0.717) is 16.5 Å². The van der Waals surface area contributed by atoms with Gasteiger partial charge in [-0.1, -0.05) is 36.1 Å². The SMILES string of the molecule is Cc1ccc(C(c2ccc(N=Cc3cc([N+](=O)[O-])c4ccccc4c3[O-])cc2)c2ccc(C)o2)o1. The predicted molar refractivity (Wildman–Crippen MR) is 132 cm³/mol. The summed E-state index contributed by atoms with van der Waals surface area (Å²) in [6, 6.07) is 23.0. The highest BCUT2D eigenvalue weighted by Gasteiger charge is 2.23. The zero-order valence-corrected chi connectivity index (χ0v) is 19.1. The van der Waals surface area contributed by atoms with Gasteiger partial charge in [-0.15, -0.1) is 0 Å². The van der Waals surface area contributed by atoms with Crippen molar-refractivity contribution in [2.75, 3.05) is 0 Å². The highest BCUT2D eigenvalue weighted by molar-refractivity contribution is 6.02. The van der Waals surface area contributed by atoms with Crippen molar-refractivity contribution < 1.29 is 18.9 Å². The number of rotatable bonds is 6. The molecule has 0 aliphatic rings. The molecule has 5 rings (SSSR count). The van der Waals surface area contributed by atoms with Crippen molar-refractivity contribution in [3.05, 3.63) is 123 Å². The van der Waals surface area contributed by atoms with Crippen molar-refractivity contribution >= 4 is 28.4 Å². The van der Waals surface area contributed by atoms with Crippen molar-refractivity contribution in [3.63, 3.8) is 0 Å². The second kappa shape index (κ2) is 8.95. The van der Waals surface area contributed by atoms with Gasteiger partial charge in [0.2, 0.25) is 0 Å². The molecule has 0 atom stereocenters. The van der Waals surface area contributed by atoms with Crippen LogP contribution in [0.4, 0.5) is 11.4 Å². The van der Waals surface area contributed by atoms with Crippen LogP contribution < -0.4 is 5.11 Å². The summed E-state index contributed by atoms with van der Waals surface area (Å²) in [6.45, 7) is 3.79. The molecule has 0 N–H and O–H groups in total. The number of hydrogen-bond donors (Lipinski definition) is 0. The third-order valence-corrected chi connectivity index (χ3v) is 5.87. The number of aliphatic imine (C=N–C) groups is 1. The second-order valence-corrected chi connectivity index (χ2v) is 8.30. The van der Waals surface area contributed by atoms with E-state index >= 15 is 0 Å². The minimum atomic E-state index is -0.485. The normalized spacial score (nSPS) is 11.6. The number of nitro groups is 1. The number of hydrogen-bond acceptors (Lipinski definition) is 6. The summed E-state index contributed by atoms with van der Waals surface area (Å²) < 4.78 is 11.8. The third kappa shape index (κ3) is 4.31. The van der Waals surface area contributed by atoms with Gasteiger partial charge in [-0.25, -0.2) is 0 Å². The van der Waals surface area contributed by atoms with Gasteiger partial charge in [-0.05, 0) is 72.8 Å².